The lowest BCUT2D eigenvalue weighted by molar-refractivity contribution is 0.255. The average molecular weight is 173 g/mol. The first-order valence-electron chi connectivity index (χ1n) is 4.23. The fourth-order valence-corrected chi connectivity index (χ4v) is 1.82. The fourth-order valence-electron chi connectivity index (χ4n) is 1.23. The van der Waals surface area contributed by atoms with Crippen molar-refractivity contribution in [1.29, 1.82) is 0 Å². The summed E-state index contributed by atoms with van der Waals surface area (Å²) in [6, 6.07) is 0. The number of piperazine rings is 1. The van der Waals surface area contributed by atoms with E-state index in [0.717, 1.165) is 18.8 Å². The molecule has 1 heterocycles. The van der Waals surface area contributed by atoms with Gasteiger partial charge in [-0.15, -0.1) is 0 Å². The smallest absolute Gasteiger partial charge is 0.0108 e. The summed E-state index contributed by atoms with van der Waals surface area (Å²) in [5, 5.41) is 3.34. The lowest BCUT2D eigenvalue weighted by Gasteiger charge is -2.26. The van der Waals surface area contributed by atoms with Gasteiger partial charge >= 0.3 is 0 Å². The van der Waals surface area contributed by atoms with E-state index >= 15 is 0 Å². The van der Waals surface area contributed by atoms with Crippen LogP contribution in [0.15, 0.2) is 0 Å². The quantitative estimate of drug-likeness (QED) is 0.622. The van der Waals surface area contributed by atoms with E-state index in [2.05, 4.69) is 17.1 Å². The molecule has 1 rings (SSSR count). The molecule has 0 bridgehead atoms. The maximum Gasteiger partial charge on any atom is 0.0108 e. The van der Waals surface area contributed by atoms with Gasteiger partial charge in [0.05, 0.1) is 0 Å². The molecule has 0 aromatic heterocycles. The summed E-state index contributed by atoms with van der Waals surface area (Å²) in [6.07, 6.45) is 0. The van der Waals surface area contributed by atoms with E-state index in [-0.39, 0.29) is 0 Å². The van der Waals surface area contributed by atoms with Gasteiger partial charge in [-0.05, 0) is 12.7 Å². The highest BCUT2D eigenvalue weighted by molar-refractivity contribution is 7.99. The molecule has 1 N–H and O–H groups in total. The molecule has 0 aromatic rings. The second-order valence-corrected chi connectivity index (χ2v) is 3.93. The van der Waals surface area contributed by atoms with Crippen molar-refractivity contribution in [3.8, 4) is 0 Å². The van der Waals surface area contributed by atoms with Gasteiger partial charge in [-0.2, -0.15) is 11.8 Å². The first-order valence-corrected chi connectivity index (χ1v) is 5.39. The number of nitrogens with zero attached hydrogens (tertiary/aromatic N) is 1. The summed E-state index contributed by atoms with van der Waals surface area (Å²) < 4.78 is 0. The number of hydrogen-bond acceptors (Lipinski definition) is 3. The molecule has 0 aromatic carbocycles. The van der Waals surface area contributed by atoms with Crippen LogP contribution in [0.5, 0.6) is 0 Å². The van der Waals surface area contributed by atoms with Gasteiger partial charge in [0.15, 0.2) is 0 Å². The Kier molecular flexibility index (Phi) is 4.99. The van der Waals surface area contributed by atoms with Crippen LogP contribution in [0.4, 0.5) is 0 Å². The highest BCUT2D eigenvalue weighted by Crippen LogP contribution is 2.00. The maximum absolute atomic E-state index is 3.80. The molecule has 1 saturated heterocycles. The zero-order valence-electron chi connectivity index (χ0n) is 7.01. The Balaban J connectivity index is 1.96. The fraction of sp³-hybridized carbons (Fsp3) is 0.875. The molecule has 0 amide bonds. The predicted octanol–water partition coefficient (Wildman–Crippen LogP) is 0.459. The largest absolute Gasteiger partial charge is 0.314 e. The average Bonchev–Trinajstić information content (AvgIpc) is 2.07. The van der Waals surface area contributed by atoms with Crippen LogP contribution < -0.4 is 5.32 Å². The van der Waals surface area contributed by atoms with Crippen molar-refractivity contribution < 1.29 is 0 Å². The predicted molar refractivity (Wildman–Crippen MR) is 52.0 cm³/mol. The van der Waals surface area contributed by atoms with E-state index in [9.17, 15) is 0 Å². The second-order valence-electron chi connectivity index (χ2n) is 2.70. The Morgan fingerprint density at radius 3 is 2.73 bits per heavy atom. The third kappa shape index (κ3) is 3.99. The molecule has 1 aliphatic heterocycles. The van der Waals surface area contributed by atoms with E-state index < -0.39 is 0 Å². The van der Waals surface area contributed by atoms with Gasteiger partial charge < -0.3 is 5.32 Å². The molecular weight excluding hydrogens is 156 g/mol. The van der Waals surface area contributed by atoms with Crippen LogP contribution in [-0.2, 0) is 0 Å². The third-order valence-electron chi connectivity index (χ3n) is 1.91. The van der Waals surface area contributed by atoms with E-state index in [1.807, 2.05) is 11.8 Å². The summed E-state index contributed by atoms with van der Waals surface area (Å²) in [4.78, 5) is 2.51. The molecule has 1 fully saturated rings. The van der Waals surface area contributed by atoms with E-state index in [1.165, 1.54) is 25.4 Å². The molecule has 65 valence electrons. The molecule has 11 heavy (non-hydrogen) atoms. The van der Waals surface area contributed by atoms with E-state index in [0.29, 0.717) is 0 Å². The van der Waals surface area contributed by atoms with Crippen molar-refractivity contribution in [3.05, 3.63) is 6.92 Å². The molecule has 0 spiro atoms. The van der Waals surface area contributed by atoms with Gasteiger partial charge in [-0.25, -0.2) is 0 Å². The van der Waals surface area contributed by atoms with Gasteiger partial charge in [0.25, 0.3) is 0 Å². The lowest BCUT2D eigenvalue weighted by Crippen LogP contribution is -2.44. The van der Waals surface area contributed by atoms with Crippen LogP contribution >= 0.6 is 11.8 Å². The molecule has 0 atom stereocenters. The zero-order valence-corrected chi connectivity index (χ0v) is 7.83. The summed E-state index contributed by atoms with van der Waals surface area (Å²) in [6.45, 7) is 9.80. The van der Waals surface area contributed by atoms with Gasteiger partial charge in [0, 0.05) is 38.5 Å². The first kappa shape index (κ1) is 9.36. The molecule has 1 radical (unpaired) electrons. The number of hydrogen-bond donors (Lipinski definition) is 1. The monoisotopic (exact) mass is 173 g/mol. The molecule has 2 nitrogen and oxygen atoms in total. The zero-order chi connectivity index (χ0) is 7.94. The molecule has 1 aliphatic rings. The van der Waals surface area contributed by atoms with Crippen LogP contribution in [0.1, 0.15) is 0 Å². The van der Waals surface area contributed by atoms with Crippen molar-refractivity contribution in [1.82, 2.24) is 10.2 Å². The summed E-state index contributed by atoms with van der Waals surface area (Å²) >= 11 is 1.93. The second kappa shape index (κ2) is 5.86. The van der Waals surface area contributed by atoms with Crippen molar-refractivity contribution in [2.45, 2.75) is 0 Å². The van der Waals surface area contributed by atoms with Gasteiger partial charge in [-0.3, -0.25) is 4.90 Å². The van der Waals surface area contributed by atoms with Crippen LogP contribution in [0, 0.1) is 6.92 Å². The Labute approximate surface area is 73.7 Å². The summed E-state index contributed by atoms with van der Waals surface area (Å²) in [5.74, 6) is 2.25. The summed E-state index contributed by atoms with van der Waals surface area (Å²) in [5.41, 5.74) is 0. The SMILES string of the molecule is [CH2]CSCCN1CCNCC1. The Morgan fingerprint density at radius 2 is 2.09 bits per heavy atom. The summed E-state index contributed by atoms with van der Waals surface area (Å²) in [7, 11) is 0. The third-order valence-corrected chi connectivity index (χ3v) is 2.67. The Hall–Kier alpha value is 0.270. The number of nitrogens with one attached hydrogen (secondary N) is 1. The maximum atomic E-state index is 3.80. The molecule has 0 aliphatic carbocycles. The highest BCUT2D eigenvalue weighted by atomic mass is 32.2. The number of thioether (sulfide) groups is 1. The van der Waals surface area contributed by atoms with E-state index in [4.69, 9.17) is 0 Å². The lowest BCUT2D eigenvalue weighted by atomic mass is 10.4. The van der Waals surface area contributed by atoms with Crippen molar-refractivity contribution in [2.24, 2.45) is 0 Å². The molecule has 0 unspecified atom stereocenters. The van der Waals surface area contributed by atoms with Gasteiger partial charge in [0.1, 0.15) is 0 Å². The van der Waals surface area contributed by atoms with Gasteiger partial charge in [0.2, 0.25) is 0 Å². The normalized spacial score (nSPS) is 20.5. The minimum atomic E-state index is 1.01. The minimum absolute atomic E-state index is 1.01. The Bertz CT molecular complexity index is 92.1. The topological polar surface area (TPSA) is 15.3 Å². The molecular formula is C8H17N2S. The first-order chi connectivity index (χ1) is 5.43. The Morgan fingerprint density at radius 1 is 1.36 bits per heavy atom. The van der Waals surface area contributed by atoms with E-state index in [1.54, 1.807) is 0 Å². The van der Waals surface area contributed by atoms with Crippen LogP contribution in [0.2, 0.25) is 0 Å². The van der Waals surface area contributed by atoms with Crippen molar-refractivity contribution in [2.75, 3.05) is 44.2 Å². The van der Waals surface area contributed by atoms with Gasteiger partial charge in [-0.1, -0.05) is 0 Å². The number of rotatable bonds is 4. The van der Waals surface area contributed by atoms with Crippen molar-refractivity contribution >= 4 is 11.8 Å². The highest BCUT2D eigenvalue weighted by Gasteiger charge is 2.07. The molecule has 0 saturated carbocycles. The van der Waals surface area contributed by atoms with Crippen LogP contribution in [-0.4, -0.2) is 49.1 Å². The minimum Gasteiger partial charge on any atom is -0.314 e. The van der Waals surface area contributed by atoms with Crippen LogP contribution in [0.3, 0.4) is 0 Å². The molecule has 3 heteroatoms. The van der Waals surface area contributed by atoms with Crippen molar-refractivity contribution in [3.63, 3.8) is 0 Å². The standard InChI is InChI=1S/C8H17N2S/c1-2-11-8-7-10-5-3-9-4-6-10/h9H,1-8H2. The van der Waals surface area contributed by atoms with Crippen LogP contribution in [0.25, 0.3) is 0 Å².